The summed E-state index contributed by atoms with van der Waals surface area (Å²) in [6, 6.07) is 9.91. The summed E-state index contributed by atoms with van der Waals surface area (Å²) in [7, 11) is 0. The first-order valence-corrected chi connectivity index (χ1v) is 10.4. The Morgan fingerprint density at radius 1 is 1.27 bits per heavy atom. The quantitative estimate of drug-likeness (QED) is 0.648. The fourth-order valence-electron chi connectivity index (χ4n) is 4.05. The number of nitriles is 1. The van der Waals surface area contributed by atoms with Gasteiger partial charge < -0.3 is 4.90 Å². The van der Waals surface area contributed by atoms with E-state index < -0.39 is 5.82 Å². The van der Waals surface area contributed by atoms with Gasteiger partial charge in [-0.25, -0.2) is 13.9 Å². The molecular formula is C23H24FN5O. The molecule has 0 N–H and O–H groups in total. The van der Waals surface area contributed by atoms with Crippen molar-refractivity contribution in [3.63, 3.8) is 0 Å². The third-order valence-electron chi connectivity index (χ3n) is 5.77. The maximum absolute atomic E-state index is 14.5. The Morgan fingerprint density at radius 3 is 2.83 bits per heavy atom. The van der Waals surface area contributed by atoms with Crippen molar-refractivity contribution in [1.82, 2.24) is 19.5 Å². The number of hydrogen-bond acceptors (Lipinski definition) is 4. The van der Waals surface area contributed by atoms with Crippen molar-refractivity contribution in [2.45, 2.75) is 52.0 Å². The smallest absolute Gasteiger partial charge is 0.272 e. The monoisotopic (exact) mass is 405 g/mol. The van der Waals surface area contributed by atoms with Gasteiger partial charge in [0.15, 0.2) is 5.65 Å². The van der Waals surface area contributed by atoms with Gasteiger partial charge in [-0.15, -0.1) is 0 Å². The minimum Gasteiger partial charge on any atom is -0.335 e. The predicted octanol–water partition coefficient (Wildman–Crippen LogP) is 4.37. The van der Waals surface area contributed by atoms with Crippen LogP contribution in [0, 0.1) is 17.1 Å². The molecule has 1 fully saturated rings. The lowest BCUT2D eigenvalue weighted by atomic mass is 10.1. The number of hydrogen-bond donors (Lipinski definition) is 0. The van der Waals surface area contributed by atoms with Gasteiger partial charge in [-0.3, -0.25) is 4.79 Å². The van der Waals surface area contributed by atoms with Crippen molar-refractivity contribution < 1.29 is 9.18 Å². The maximum Gasteiger partial charge on any atom is 0.272 e. The van der Waals surface area contributed by atoms with Gasteiger partial charge in [0.25, 0.3) is 5.91 Å². The van der Waals surface area contributed by atoms with E-state index in [2.05, 4.69) is 17.0 Å². The molecule has 3 heterocycles. The van der Waals surface area contributed by atoms with Gasteiger partial charge >= 0.3 is 0 Å². The zero-order chi connectivity index (χ0) is 21.3. The highest BCUT2D eigenvalue weighted by Gasteiger charge is 2.25. The Bertz CT molecular complexity index is 1150. The first-order valence-electron chi connectivity index (χ1n) is 10.4. The highest BCUT2D eigenvalue weighted by atomic mass is 19.1. The summed E-state index contributed by atoms with van der Waals surface area (Å²) < 4.78 is 16.1. The van der Waals surface area contributed by atoms with Crippen molar-refractivity contribution in [2.75, 3.05) is 6.54 Å². The van der Waals surface area contributed by atoms with Crippen molar-refractivity contribution in [1.29, 1.82) is 5.26 Å². The van der Waals surface area contributed by atoms with Crippen LogP contribution in [-0.2, 0) is 6.42 Å². The van der Waals surface area contributed by atoms with E-state index >= 15 is 0 Å². The van der Waals surface area contributed by atoms with Crippen LogP contribution in [0.2, 0.25) is 0 Å². The van der Waals surface area contributed by atoms with Crippen molar-refractivity contribution in [3.8, 4) is 17.3 Å². The number of aromatic nitrogens is 3. The minimum atomic E-state index is -0.509. The molecule has 1 aliphatic rings. The molecule has 1 aliphatic heterocycles. The van der Waals surface area contributed by atoms with Crippen LogP contribution in [0.25, 0.3) is 16.9 Å². The Balaban J connectivity index is 1.76. The summed E-state index contributed by atoms with van der Waals surface area (Å²) in [5.41, 5.74) is 2.74. The molecule has 1 amide bonds. The summed E-state index contributed by atoms with van der Waals surface area (Å²) >= 11 is 0. The molecule has 3 aromatic rings. The summed E-state index contributed by atoms with van der Waals surface area (Å²) in [6.45, 7) is 4.82. The van der Waals surface area contributed by atoms with Crippen LogP contribution in [0.4, 0.5) is 4.39 Å². The normalized spacial score (nSPS) is 17.0. The molecule has 2 aromatic heterocycles. The van der Waals surface area contributed by atoms with E-state index in [1.54, 1.807) is 28.8 Å². The second-order valence-electron chi connectivity index (χ2n) is 7.79. The van der Waals surface area contributed by atoms with Gasteiger partial charge in [-0.05, 0) is 50.5 Å². The Hall–Kier alpha value is -3.27. The molecule has 0 radical (unpaired) electrons. The molecule has 0 spiro atoms. The van der Waals surface area contributed by atoms with Crippen molar-refractivity contribution in [2.24, 2.45) is 0 Å². The molecule has 154 valence electrons. The number of aryl methyl sites for hydroxylation is 1. The average Bonchev–Trinajstić information content (AvgIpc) is 3.06. The molecule has 30 heavy (non-hydrogen) atoms. The molecule has 4 rings (SSSR count). The molecular weight excluding hydrogens is 381 g/mol. The summed E-state index contributed by atoms with van der Waals surface area (Å²) in [5.74, 6) is -0.570. The molecule has 1 aromatic carbocycles. The molecule has 0 aliphatic carbocycles. The summed E-state index contributed by atoms with van der Waals surface area (Å²) in [5, 5.41) is 13.5. The number of likely N-dealkylation sites (tertiary alicyclic amines) is 1. The predicted molar refractivity (Wildman–Crippen MR) is 111 cm³/mol. The lowest BCUT2D eigenvalue weighted by molar-refractivity contribution is 0.0692. The largest absolute Gasteiger partial charge is 0.335 e. The van der Waals surface area contributed by atoms with E-state index in [0.29, 0.717) is 29.0 Å². The highest BCUT2D eigenvalue weighted by molar-refractivity contribution is 5.93. The average molecular weight is 405 g/mol. The Labute approximate surface area is 175 Å². The van der Waals surface area contributed by atoms with E-state index in [1.807, 2.05) is 17.9 Å². The van der Waals surface area contributed by atoms with E-state index in [1.165, 1.54) is 6.07 Å². The topological polar surface area (TPSA) is 74.3 Å². The van der Waals surface area contributed by atoms with Crippen molar-refractivity contribution >= 4 is 11.6 Å². The highest BCUT2D eigenvalue weighted by Crippen LogP contribution is 2.25. The SMILES string of the molecule is CCc1cc(C(=O)N2CCCCCC2C)nc2cc(-c3ccc(C#N)cc3F)nn12. The van der Waals surface area contributed by atoms with Crippen LogP contribution in [0.15, 0.2) is 30.3 Å². The van der Waals surface area contributed by atoms with Crippen LogP contribution in [0.1, 0.15) is 61.3 Å². The van der Waals surface area contributed by atoms with Crippen LogP contribution < -0.4 is 0 Å². The van der Waals surface area contributed by atoms with E-state index in [9.17, 15) is 9.18 Å². The van der Waals surface area contributed by atoms with Crippen molar-refractivity contribution in [3.05, 3.63) is 53.1 Å². The van der Waals surface area contributed by atoms with Crippen LogP contribution in [0.5, 0.6) is 0 Å². The van der Waals surface area contributed by atoms with E-state index in [0.717, 1.165) is 37.9 Å². The number of benzene rings is 1. The number of fused-ring (bicyclic) bond motifs is 1. The molecule has 7 heteroatoms. The number of carbonyl (C=O) groups excluding carboxylic acids is 1. The minimum absolute atomic E-state index is 0.0612. The van der Waals surface area contributed by atoms with E-state index in [4.69, 9.17) is 5.26 Å². The number of rotatable bonds is 3. The fourth-order valence-corrected chi connectivity index (χ4v) is 4.05. The molecule has 6 nitrogen and oxygen atoms in total. The second-order valence-corrected chi connectivity index (χ2v) is 7.79. The lowest BCUT2D eigenvalue weighted by Gasteiger charge is -2.27. The second kappa shape index (κ2) is 8.23. The summed E-state index contributed by atoms with van der Waals surface area (Å²) in [6.07, 6.45) is 4.95. The first-order chi connectivity index (χ1) is 14.5. The number of carbonyl (C=O) groups is 1. The first kappa shape index (κ1) is 20.0. The van der Waals surface area contributed by atoms with Gasteiger partial charge in [0.2, 0.25) is 0 Å². The van der Waals surface area contributed by atoms with Crippen LogP contribution in [0.3, 0.4) is 0 Å². The molecule has 1 atom stereocenters. The van der Waals surface area contributed by atoms with E-state index in [-0.39, 0.29) is 17.5 Å². The maximum atomic E-state index is 14.5. The number of halogens is 1. The lowest BCUT2D eigenvalue weighted by Crippen LogP contribution is -2.38. The molecule has 1 saturated heterocycles. The fraction of sp³-hybridized carbons (Fsp3) is 0.391. The van der Waals surface area contributed by atoms with Crippen LogP contribution >= 0.6 is 0 Å². The number of amides is 1. The standard InChI is InChI=1S/C23H24FN5O/c1-3-17-12-21(23(30)28-10-6-4-5-7-15(28)2)26-22-13-20(27-29(17)22)18-9-8-16(14-25)11-19(18)24/h8-9,11-13,15H,3-7,10H2,1-2H3. The molecule has 1 unspecified atom stereocenters. The van der Waals surface area contributed by atoms with Crippen LogP contribution in [-0.4, -0.2) is 38.0 Å². The number of nitrogens with zero attached hydrogens (tertiary/aromatic N) is 5. The van der Waals surface area contributed by atoms with Gasteiger partial charge in [0, 0.05) is 29.9 Å². The van der Waals surface area contributed by atoms with Gasteiger partial charge in [0.05, 0.1) is 17.3 Å². The summed E-state index contributed by atoms with van der Waals surface area (Å²) in [4.78, 5) is 19.7. The van der Waals surface area contributed by atoms with Gasteiger partial charge in [-0.2, -0.15) is 10.4 Å². The zero-order valence-electron chi connectivity index (χ0n) is 17.2. The Morgan fingerprint density at radius 2 is 2.10 bits per heavy atom. The third kappa shape index (κ3) is 3.65. The Kier molecular flexibility index (Phi) is 5.49. The molecule has 0 bridgehead atoms. The van der Waals surface area contributed by atoms with Gasteiger partial charge in [-0.1, -0.05) is 19.8 Å². The third-order valence-corrected chi connectivity index (χ3v) is 5.77. The molecule has 0 saturated carbocycles. The zero-order valence-corrected chi connectivity index (χ0v) is 17.2. The van der Waals surface area contributed by atoms with Gasteiger partial charge in [0.1, 0.15) is 11.5 Å².